The molecule has 1 unspecified atom stereocenters. The fraction of sp³-hybridized carbons (Fsp3) is 0.708. The zero-order valence-corrected chi connectivity index (χ0v) is 20.3. The summed E-state index contributed by atoms with van der Waals surface area (Å²) in [5.74, 6) is -1.41. The number of carbonyl (C=O) groups excluding carboxylic acids is 3. The minimum absolute atomic E-state index is 0.0165. The van der Waals surface area contributed by atoms with E-state index in [1.54, 1.807) is 28.6 Å². The Bertz CT molecular complexity index is 843. The molecule has 7 nitrogen and oxygen atoms in total. The molecule has 1 N–H and O–H groups in total. The van der Waals surface area contributed by atoms with Crippen molar-refractivity contribution in [1.82, 2.24) is 14.7 Å². The summed E-state index contributed by atoms with van der Waals surface area (Å²) < 4.78 is -0.801. The van der Waals surface area contributed by atoms with Gasteiger partial charge in [-0.05, 0) is 12.3 Å². The highest BCUT2D eigenvalue weighted by Gasteiger charge is 2.71. The van der Waals surface area contributed by atoms with E-state index in [1.807, 2.05) is 43.1 Å². The molecular weight excluding hydrogens is 426 g/mol. The Morgan fingerprint density at radius 1 is 1.16 bits per heavy atom. The molecular formula is C24H35N3O4S. The number of unbranched alkanes of at least 4 members (excludes halogenated alkanes) is 1. The summed E-state index contributed by atoms with van der Waals surface area (Å²) in [4.78, 5) is 46.6. The number of amides is 3. The third-order valence-electron chi connectivity index (χ3n) is 7.48. The number of rotatable bonds is 6. The van der Waals surface area contributed by atoms with Gasteiger partial charge in [0.2, 0.25) is 17.7 Å². The van der Waals surface area contributed by atoms with E-state index in [2.05, 4.69) is 6.92 Å². The lowest BCUT2D eigenvalue weighted by molar-refractivity contribution is -0.147. The van der Waals surface area contributed by atoms with Crippen LogP contribution in [0.25, 0.3) is 0 Å². The van der Waals surface area contributed by atoms with E-state index < -0.39 is 28.7 Å². The van der Waals surface area contributed by atoms with Crippen LogP contribution in [0.1, 0.15) is 33.6 Å². The van der Waals surface area contributed by atoms with E-state index in [0.29, 0.717) is 19.6 Å². The van der Waals surface area contributed by atoms with Crippen LogP contribution in [0.4, 0.5) is 0 Å². The zero-order valence-electron chi connectivity index (χ0n) is 19.4. The minimum Gasteiger partial charge on any atom is -0.394 e. The molecule has 2 fully saturated rings. The van der Waals surface area contributed by atoms with E-state index in [4.69, 9.17) is 0 Å². The number of carbonyl (C=O) groups is 3. The van der Waals surface area contributed by atoms with Crippen molar-refractivity contribution in [3.8, 4) is 0 Å². The molecule has 1 spiro atoms. The van der Waals surface area contributed by atoms with Crippen LogP contribution < -0.4 is 0 Å². The van der Waals surface area contributed by atoms with E-state index >= 15 is 0 Å². The van der Waals surface area contributed by atoms with E-state index in [1.165, 1.54) is 0 Å². The number of hydrogen-bond acceptors (Lipinski definition) is 5. The number of fused-ring (bicyclic) bond motifs is 2. The fourth-order valence-corrected chi connectivity index (χ4v) is 7.77. The number of aliphatic hydroxyl groups excluding tert-OH is 1. The molecule has 4 rings (SSSR count). The van der Waals surface area contributed by atoms with Gasteiger partial charge in [0.1, 0.15) is 6.04 Å². The third-order valence-corrected chi connectivity index (χ3v) is 9.22. The lowest BCUT2D eigenvalue weighted by atomic mass is 9.78. The molecule has 0 aliphatic carbocycles. The van der Waals surface area contributed by atoms with Crippen LogP contribution in [0.15, 0.2) is 24.3 Å². The van der Waals surface area contributed by atoms with E-state index in [0.717, 1.165) is 12.8 Å². The average molecular weight is 462 g/mol. The van der Waals surface area contributed by atoms with Gasteiger partial charge in [-0.15, -0.1) is 11.8 Å². The second-order valence-corrected chi connectivity index (χ2v) is 11.3. The largest absolute Gasteiger partial charge is 0.394 e. The third kappa shape index (κ3) is 3.41. The number of aliphatic hydroxyl groups is 1. The topological polar surface area (TPSA) is 81.2 Å². The van der Waals surface area contributed by atoms with Crippen LogP contribution >= 0.6 is 11.8 Å². The van der Waals surface area contributed by atoms with Crippen molar-refractivity contribution in [1.29, 1.82) is 0 Å². The van der Waals surface area contributed by atoms with Crippen molar-refractivity contribution >= 4 is 29.5 Å². The van der Waals surface area contributed by atoms with Crippen molar-refractivity contribution in [2.24, 2.45) is 17.8 Å². The van der Waals surface area contributed by atoms with E-state index in [9.17, 15) is 19.5 Å². The van der Waals surface area contributed by atoms with Crippen LogP contribution in [0.5, 0.6) is 0 Å². The quantitative estimate of drug-likeness (QED) is 0.607. The minimum atomic E-state index is -0.801. The summed E-state index contributed by atoms with van der Waals surface area (Å²) in [7, 11) is 1.77. The summed E-state index contributed by atoms with van der Waals surface area (Å²) in [6.07, 6.45) is 9.96. The predicted molar refractivity (Wildman–Crippen MR) is 125 cm³/mol. The van der Waals surface area contributed by atoms with Crippen LogP contribution in [0.3, 0.4) is 0 Å². The maximum Gasteiger partial charge on any atom is 0.247 e. The number of likely N-dealkylation sites (tertiary alicyclic amines) is 1. The second-order valence-electron chi connectivity index (χ2n) is 9.77. The molecule has 3 amide bonds. The summed E-state index contributed by atoms with van der Waals surface area (Å²) >= 11 is 1.59. The Labute approximate surface area is 194 Å². The first-order valence-electron chi connectivity index (χ1n) is 11.8. The molecule has 2 saturated heterocycles. The van der Waals surface area contributed by atoms with Gasteiger partial charge in [0, 0.05) is 31.9 Å². The highest BCUT2D eigenvalue weighted by atomic mass is 32.2. The van der Waals surface area contributed by atoms with Gasteiger partial charge < -0.3 is 19.8 Å². The molecule has 176 valence electrons. The Morgan fingerprint density at radius 3 is 2.56 bits per heavy atom. The van der Waals surface area contributed by atoms with Gasteiger partial charge in [-0.3, -0.25) is 14.4 Å². The van der Waals surface area contributed by atoms with Crippen molar-refractivity contribution in [3.63, 3.8) is 0 Å². The van der Waals surface area contributed by atoms with Crippen molar-refractivity contribution in [2.45, 2.75) is 55.7 Å². The second kappa shape index (κ2) is 8.86. The molecule has 0 aromatic rings. The van der Waals surface area contributed by atoms with Crippen LogP contribution in [0.2, 0.25) is 0 Å². The normalized spacial score (nSPS) is 35.2. The van der Waals surface area contributed by atoms with Gasteiger partial charge in [0.25, 0.3) is 0 Å². The molecule has 4 heterocycles. The molecule has 6 atom stereocenters. The summed E-state index contributed by atoms with van der Waals surface area (Å²) in [5, 5.41) is 10.1. The zero-order chi connectivity index (χ0) is 23.2. The van der Waals surface area contributed by atoms with Gasteiger partial charge in [-0.2, -0.15) is 0 Å². The molecule has 0 aromatic carbocycles. The molecule has 0 bridgehead atoms. The smallest absolute Gasteiger partial charge is 0.247 e. The van der Waals surface area contributed by atoms with Crippen molar-refractivity contribution in [3.05, 3.63) is 24.3 Å². The fourth-order valence-electron chi connectivity index (χ4n) is 5.78. The van der Waals surface area contributed by atoms with Gasteiger partial charge in [-0.1, -0.05) is 51.5 Å². The molecule has 32 heavy (non-hydrogen) atoms. The first kappa shape index (κ1) is 23.4. The predicted octanol–water partition coefficient (Wildman–Crippen LogP) is 1.53. The number of thioether (sulfide) groups is 1. The van der Waals surface area contributed by atoms with E-state index in [-0.39, 0.29) is 35.5 Å². The molecule has 0 saturated carbocycles. The maximum absolute atomic E-state index is 14.1. The number of hydrogen-bond donors (Lipinski definition) is 1. The van der Waals surface area contributed by atoms with Gasteiger partial charge in [-0.25, -0.2) is 0 Å². The van der Waals surface area contributed by atoms with Gasteiger partial charge >= 0.3 is 0 Å². The van der Waals surface area contributed by atoms with Crippen molar-refractivity contribution in [2.75, 3.05) is 33.3 Å². The van der Waals surface area contributed by atoms with Crippen LogP contribution in [-0.2, 0) is 14.4 Å². The standard InChI is InChI=1S/C24H35N3O4S/c1-5-6-12-26-13-8-10-24-19(18-17(32-24)9-7-11-25(4)21(18)29)22(30)27(20(24)23(26)31)16(14-28)15(2)3/h7-10,15-20,28H,5-6,11-14H2,1-4H3/t16-,17+,18-,19-,20?,24-/m0/s1. The van der Waals surface area contributed by atoms with Crippen LogP contribution in [-0.4, -0.2) is 92.9 Å². The maximum atomic E-state index is 14.1. The van der Waals surface area contributed by atoms with Crippen molar-refractivity contribution < 1.29 is 19.5 Å². The highest BCUT2D eigenvalue weighted by molar-refractivity contribution is 8.02. The summed E-state index contributed by atoms with van der Waals surface area (Å²) in [6.45, 7) is 7.49. The first-order valence-corrected chi connectivity index (χ1v) is 12.6. The van der Waals surface area contributed by atoms with Crippen LogP contribution in [0, 0.1) is 17.8 Å². The van der Waals surface area contributed by atoms with Gasteiger partial charge in [0.05, 0.1) is 29.2 Å². The molecule has 4 aliphatic heterocycles. The molecule has 0 aromatic heterocycles. The molecule has 0 radical (unpaired) electrons. The number of likely N-dealkylation sites (N-methyl/N-ethyl adjacent to an activating group) is 1. The Kier molecular flexibility index (Phi) is 6.47. The Hall–Kier alpha value is -1.80. The highest BCUT2D eigenvalue weighted by Crippen LogP contribution is 2.61. The Morgan fingerprint density at radius 2 is 1.91 bits per heavy atom. The summed E-state index contributed by atoms with van der Waals surface area (Å²) in [6, 6.07) is -1.18. The van der Waals surface area contributed by atoms with Gasteiger partial charge in [0.15, 0.2) is 0 Å². The Balaban J connectivity index is 1.85. The lowest BCUT2D eigenvalue weighted by Gasteiger charge is -2.39. The molecule has 8 heteroatoms. The monoisotopic (exact) mass is 461 g/mol. The molecule has 4 aliphatic rings. The first-order chi connectivity index (χ1) is 15.3. The average Bonchev–Trinajstić information content (AvgIpc) is 3.08. The summed E-state index contributed by atoms with van der Waals surface area (Å²) in [5.41, 5.74) is 0. The SMILES string of the molecule is CCCCN1CC=C[C@]23S[C@@H]4C=CCN(C)C(=O)[C@@H]4[C@H]2C(=O)N([C@@H](CO)C(C)C)C3C1=O. The number of nitrogens with zero attached hydrogens (tertiary/aromatic N) is 3. The lowest BCUT2D eigenvalue weighted by Crippen LogP contribution is -2.57.